The van der Waals surface area contributed by atoms with Crippen molar-refractivity contribution in [3.8, 4) is 0 Å². The molecular formula is C21H37IN2O2. The molecule has 3 fully saturated rings. The molecule has 0 bridgehead atoms. The SMILES string of the molecule is CN(C(=O)CCC[C@@](O)(I)N1CCC2CCCCC2C1)C1CCCCC1. The second-order valence-electron chi connectivity index (χ2n) is 8.91. The Morgan fingerprint density at radius 1 is 1.08 bits per heavy atom. The van der Waals surface area contributed by atoms with Crippen LogP contribution >= 0.6 is 22.6 Å². The lowest BCUT2D eigenvalue weighted by Crippen LogP contribution is -2.51. The molecule has 3 rings (SSSR count). The molecule has 5 heteroatoms. The topological polar surface area (TPSA) is 43.8 Å². The molecule has 1 saturated heterocycles. The van der Waals surface area contributed by atoms with Crippen LogP contribution < -0.4 is 0 Å². The van der Waals surface area contributed by atoms with E-state index in [2.05, 4.69) is 27.5 Å². The summed E-state index contributed by atoms with van der Waals surface area (Å²) in [6.45, 7) is 2.05. The normalized spacial score (nSPS) is 30.4. The molecule has 4 nitrogen and oxygen atoms in total. The number of rotatable bonds is 6. The molecule has 1 N–H and O–H groups in total. The first-order chi connectivity index (χ1) is 12.5. The van der Waals surface area contributed by atoms with E-state index in [-0.39, 0.29) is 5.91 Å². The molecule has 0 aromatic heterocycles. The summed E-state index contributed by atoms with van der Waals surface area (Å²) in [6.07, 6.45) is 14.9. The zero-order valence-electron chi connectivity index (χ0n) is 16.5. The average Bonchev–Trinajstić information content (AvgIpc) is 2.67. The quantitative estimate of drug-likeness (QED) is 0.348. The zero-order chi connectivity index (χ0) is 18.6. The van der Waals surface area contributed by atoms with E-state index in [0.29, 0.717) is 18.9 Å². The molecule has 0 aromatic rings. The molecule has 2 saturated carbocycles. The fourth-order valence-electron chi connectivity index (χ4n) is 5.38. The lowest BCUT2D eigenvalue weighted by molar-refractivity contribution is -0.133. The van der Waals surface area contributed by atoms with Gasteiger partial charge in [0.2, 0.25) is 5.91 Å². The number of alkyl halides is 1. The maximum Gasteiger partial charge on any atom is 0.222 e. The van der Waals surface area contributed by atoms with Gasteiger partial charge in [-0.05, 0) is 66.5 Å². The van der Waals surface area contributed by atoms with Crippen LogP contribution in [0.25, 0.3) is 0 Å². The Morgan fingerprint density at radius 3 is 2.46 bits per heavy atom. The van der Waals surface area contributed by atoms with Gasteiger partial charge in [-0.25, -0.2) is 0 Å². The van der Waals surface area contributed by atoms with Crippen LogP contribution in [-0.4, -0.2) is 50.7 Å². The first kappa shape index (κ1) is 20.8. The third-order valence-electron chi connectivity index (χ3n) is 7.18. The highest BCUT2D eigenvalue weighted by Crippen LogP contribution is 2.40. The van der Waals surface area contributed by atoms with Crippen LogP contribution in [0.1, 0.15) is 83.5 Å². The number of hydrogen-bond donors (Lipinski definition) is 1. The number of halogens is 1. The van der Waals surface area contributed by atoms with Crippen molar-refractivity contribution in [2.24, 2.45) is 11.8 Å². The number of fused-ring (bicyclic) bond motifs is 1. The fourth-order valence-corrected chi connectivity index (χ4v) is 6.20. The van der Waals surface area contributed by atoms with Crippen LogP contribution in [0.4, 0.5) is 0 Å². The van der Waals surface area contributed by atoms with Crippen LogP contribution in [-0.2, 0) is 4.79 Å². The minimum absolute atomic E-state index is 0.259. The fraction of sp³-hybridized carbons (Fsp3) is 0.952. The van der Waals surface area contributed by atoms with Crippen LogP contribution in [0.3, 0.4) is 0 Å². The van der Waals surface area contributed by atoms with Crippen molar-refractivity contribution in [2.45, 2.75) is 93.2 Å². The largest absolute Gasteiger partial charge is 0.367 e. The van der Waals surface area contributed by atoms with Crippen molar-refractivity contribution < 1.29 is 9.90 Å². The lowest BCUT2D eigenvalue weighted by atomic mass is 9.75. The second-order valence-corrected chi connectivity index (χ2v) is 10.6. The van der Waals surface area contributed by atoms with Crippen molar-refractivity contribution in [2.75, 3.05) is 20.1 Å². The summed E-state index contributed by atoms with van der Waals surface area (Å²) in [5.74, 6) is 1.92. The van der Waals surface area contributed by atoms with Crippen molar-refractivity contribution in [1.82, 2.24) is 9.80 Å². The minimum Gasteiger partial charge on any atom is -0.367 e. The van der Waals surface area contributed by atoms with E-state index in [1.807, 2.05) is 11.9 Å². The smallest absolute Gasteiger partial charge is 0.222 e. The Kier molecular flexibility index (Phi) is 7.66. The van der Waals surface area contributed by atoms with Crippen LogP contribution in [0.15, 0.2) is 0 Å². The van der Waals surface area contributed by atoms with Gasteiger partial charge in [0.1, 0.15) is 0 Å². The molecule has 1 aliphatic heterocycles. The molecule has 2 unspecified atom stereocenters. The first-order valence-corrected chi connectivity index (χ1v) is 12.0. The van der Waals surface area contributed by atoms with Gasteiger partial charge in [-0.2, -0.15) is 0 Å². The minimum atomic E-state index is -0.788. The van der Waals surface area contributed by atoms with Gasteiger partial charge >= 0.3 is 0 Å². The summed E-state index contributed by atoms with van der Waals surface area (Å²) in [4.78, 5) is 16.8. The summed E-state index contributed by atoms with van der Waals surface area (Å²) in [5.41, 5.74) is 0. The maximum absolute atomic E-state index is 12.5. The second kappa shape index (κ2) is 9.55. The molecule has 150 valence electrons. The number of piperidine rings is 1. The Bertz CT molecular complexity index is 465. The van der Waals surface area contributed by atoms with Gasteiger partial charge in [-0.15, -0.1) is 0 Å². The number of amides is 1. The summed E-state index contributed by atoms with van der Waals surface area (Å²) >= 11 is 2.22. The standard InChI is InChI=1S/C21H37IN2O2/c1-23(19-10-3-2-4-11-19)20(25)12-7-14-21(22,26)24-15-13-17-8-5-6-9-18(17)16-24/h17-19,26H,2-16H2,1H3/t17?,18?,21-/m1/s1. The van der Waals surface area contributed by atoms with Gasteiger partial charge in [-0.3, -0.25) is 9.69 Å². The predicted octanol–water partition coefficient (Wildman–Crippen LogP) is 4.54. The van der Waals surface area contributed by atoms with E-state index in [9.17, 15) is 9.90 Å². The monoisotopic (exact) mass is 476 g/mol. The summed E-state index contributed by atoms with van der Waals surface area (Å²) < 4.78 is -0.788. The molecule has 1 heterocycles. The van der Waals surface area contributed by atoms with E-state index < -0.39 is 3.73 Å². The molecular weight excluding hydrogens is 439 g/mol. The predicted molar refractivity (Wildman–Crippen MR) is 114 cm³/mol. The average molecular weight is 476 g/mol. The third kappa shape index (κ3) is 5.34. The van der Waals surface area contributed by atoms with Gasteiger partial charge in [0.05, 0.1) is 0 Å². The van der Waals surface area contributed by atoms with E-state index in [1.165, 1.54) is 51.4 Å². The Balaban J connectivity index is 1.42. The highest BCUT2D eigenvalue weighted by atomic mass is 127. The Labute approximate surface area is 173 Å². The number of nitrogens with zero attached hydrogens (tertiary/aromatic N) is 2. The van der Waals surface area contributed by atoms with E-state index in [0.717, 1.165) is 44.2 Å². The highest BCUT2D eigenvalue weighted by Gasteiger charge is 2.39. The van der Waals surface area contributed by atoms with Gasteiger partial charge in [-0.1, -0.05) is 38.5 Å². The van der Waals surface area contributed by atoms with Crippen molar-refractivity contribution >= 4 is 28.5 Å². The molecule has 26 heavy (non-hydrogen) atoms. The Morgan fingerprint density at radius 2 is 1.73 bits per heavy atom. The number of likely N-dealkylation sites (tertiary alicyclic amines) is 1. The third-order valence-corrected chi connectivity index (χ3v) is 8.40. The van der Waals surface area contributed by atoms with Crippen molar-refractivity contribution in [3.63, 3.8) is 0 Å². The molecule has 2 aliphatic carbocycles. The van der Waals surface area contributed by atoms with Gasteiger partial charge in [0.25, 0.3) is 0 Å². The molecule has 0 aromatic carbocycles. The summed E-state index contributed by atoms with van der Waals surface area (Å²) in [6, 6.07) is 0.445. The van der Waals surface area contributed by atoms with Crippen LogP contribution in [0.5, 0.6) is 0 Å². The van der Waals surface area contributed by atoms with Crippen LogP contribution in [0.2, 0.25) is 0 Å². The van der Waals surface area contributed by atoms with E-state index in [1.54, 1.807) is 0 Å². The zero-order valence-corrected chi connectivity index (χ0v) is 18.6. The van der Waals surface area contributed by atoms with E-state index in [4.69, 9.17) is 0 Å². The summed E-state index contributed by atoms with van der Waals surface area (Å²) in [5, 5.41) is 11.0. The van der Waals surface area contributed by atoms with Gasteiger partial charge in [0, 0.05) is 39.0 Å². The highest BCUT2D eigenvalue weighted by molar-refractivity contribution is 14.1. The molecule has 0 spiro atoms. The number of hydrogen-bond acceptors (Lipinski definition) is 3. The van der Waals surface area contributed by atoms with Gasteiger partial charge < -0.3 is 10.0 Å². The summed E-state index contributed by atoms with van der Waals surface area (Å²) in [7, 11) is 1.97. The molecule has 3 aliphatic rings. The maximum atomic E-state index is 12.5. The van der Waals surface area contributed by atoms with E-state index >= 15 is 0 Å². The first-order valence-electron chi connectivity index (χ1n) is 10.9. The van der Waals surface area contributed by atoms with Crippen molar-refractivity contribution in [3.05, 3.63) is 0 Å². The number of carbonyl (C=O) groups is 1. The lowest BCUT2D eigenvalue weighted by Gasteiger charge is -2.46. The molecule has 1 amide bonds. The Hall–Kier alpha value is 0.120. The molecule has 0 radical (unpaired) electrons. The number of aliphatic hydroxyl groups is 1. The van der Waals surface area contributed by atoms with Crippen LogP contribution in [0, 0.1) is 11.8 Å². The van der Waals surface area contributed by atoms with Crippen molar-refractivity contribution in [1.29, 1.82) is 0 Å². The molecule has 3 atom stereocenters. The van der Waals surface area contributed by atoms with Gasteiger partial charge in [0.15, 0.2) is 3.73 Å². The number of carbonyl (C=O) groups excluding carboxylic acids is 1.